The second-order valence-electron chi connectivity index (χ2n) is 7.09. The zero-order valence-electron chi connectivity index (χ0n) is 15.6. The van der Waals surface area contributed by atoms with Crippen LogP contribution < -0.4 is 10.6 Å². The first-order valence-electron chi connectivity index (χ1n) is 8.98. The van der Waals surface area contributed by atoms with Crippen LogP contribution in [0.2, 0.25) is 0 Å². The lowest BCUT2D eigenvalue weighted by Crippen LogP contribution is -2.44. The molecule has 25 heavy (non-hydrogen) atoms. The maximum absolute atomic E-state index is 12.9. The fourth-order valence-corrected chi connectivity index (χ4v) is 3.25. The van der Waals surface area contributed by atoms with E-state index in [4.69, 9.17) is 0 Å². The summed E-state index contributed by atoms with van der Waals surface area (Å²) in [5, 5.41) is 6.72. The lowest BCUT2D eigenvalue weighted by atomic mass is 9.97. The lowest BCUT2D eigenvalue weighted by molar-refractivity contribution is 0.159. The van der Waals surface area contributed by atoms with E-state index in [1.54, 1.807) is 19.2 Å². The Morgan fingerprint density at radius 3 is 2.64 bits per heavy atom. The third-order valence-corrected chi connectivity index (χ3v) is 4.38. The van der Waals surface area contributed by atoms with E-state index in [2.05, 4.69) is 34.4 Å². The molecule has 0 spiro atoms. The van der Waals surface area contributed by atoms with Crippen molar-refractivity contribution in [2.75, 3.05) is 33.2 Å². The maximum atomic E-state index is 12.9. The summed E-state index contributed by atoms with van der Waals surface area (Å²) in [4.78, 5) is 6.86. The van der Waals surface area contributed by atoms with Crippen molar-refractivity contribution in [3.8, 4) is 0 Å². The highest BCUT2D eigenvalue weighted by Crippen LogP contribution is 2.16. The largest absolute Gasteiger partial charge is 0.356 e. The minimum absolute atomic E-state index is 0. The summed E-state index contributed by atoms with van der Waals surface area (Å²) in [7, 11) is 1.78. The van der Waals surface area contributed by atoms with Crippen molar-refractivity contribution in [3.63, 3.8) is 0 Å². The van der Waals surface area contributed by atoms with Crippen molar-refractivity contribution in [2.45, 2.75) is 33.2 Å². The smallest absolute Gasteiger partial charge is 0.191 e. The molecule has 6 heteroatoms. The van der Waals surface area contributed by atoms with Crippen LogP contribution in [0, 0.1) is 17.7 Å². The standard InChI is InChI=1S/C19H31FN4.HI/c1-15(2)13-24-10-4-5-17(14-24)12-23-19(21-3)22-11-16-6-8-18(20)9-7-16;/h6-9,15,17H,4-5,10-14H2,1-3H3,(H2,21,22,23);1H. The minimum atomic E-state index is -0.204. The number of likely N-dealkylation sites (tertiary alicyclic amines) is 1. The number of aliphatic imine (C=N–C) groups is 1. The third-order valence-electron chi connectivity index (χ3n) is 4.38. The minimum Gasteiger partial charge on any atom is -0.356 e. The van der Waals surface area contributed by atoms with Crippen molar-refractivity contribution in [1.82, 2.24) is 15.5 Å². The number of nitrogens with zero attached hydrogens (tertiary/aromatic N) is 2. The highest BCUT2D eigenvalue weighted by Gasteiger charge is 2.20. The molecular weight excluding hydrogens is 430 g/mol. The van der Waals surface area contributed by atoms with Gasteiger partial charge in [-0.25, -0.2) is 4.39 Å². The van der Waals surface area contributed by atoms with Crippen molar-refractivity contribution in [2.24, 2.45) is 16.8 Å². The number of hydrogen-bond acceptors (Lipinski definition) is 2. The van der Waals surface area contributed by atoms with Gasteiger partial charge in [0.1, 0.15) is 5.82 Å². The second kappa shape index (κ2) is 11.7. The average molecular weight is 462 g/mol. The molecular formula is C19H32FIN4. The number of rotatable bonds is 6. The molecule has 4 nitrogen and oxygen atoms in total. The normalized spacial score (nSPS) is 18.8. The van der Waals surface area contributed by atoms with Gasteiger partial charge in [0.25, 0.3) is 0 Å². The Morgan fingerprint density at radius 1 is 1.28 bits per heavy atom. The van der Waals surface area contributed by atoms with Gasteiger partial charge in [-0.05, 0) is 48.9 Å². The van der Waals surface area contributed by atoms with E-state index in [0.717, 1.165) is 24.0 Å². The molecule has 1 saturated heterocycles. The quantitative estimate of drug-likeness (QED) is 0.387. The molecule has 0 radical (unpaired) electrons. The Kier molecular flexibility index (Phi) is 10.3. The summed E-state index contributed by atoms with van der Waals surface area (Å²) in [5.74, 6) is 1.99. The first-order valence-corrected chi connectivity index (χ1v) is 8.98. The van der Waals surface area contributed by atoms with Crippen molar-refractivity contribution in [3.05, 3.63) is 35.6 Å². The van der Waals surface area contributed by atoms with Gasteiger partial charge in [0.2, 0.25) is 0 Å². The van der Waals surface area contributed by atoms with E-state index in [0.29, 0.717) is 12.5 Å². The summed E-state index contributed by atoms with van der Waals surface area (Å²) < 4.78 is 12.9. The molecule has 2 rings (SSSR count). The van der Waals surface area contributed by atoms with E-state index >= 15 is 0 Å². The summed E-state index contributed by atoms with van der Waals surface area (Å²) in [6, 6.07) is 6.55. The van der Waals surface area contributed by atoms with Crippen molar-refractivity contribution in [1.29, 1.82) is 0 Å². The molecule has 0 bridgehead atoms. The monoisotopic (exact) mass is 462 g/mol. The topological polar surface area (TPSA) is 39.7 Å². The summed E-state index contributed by atoms with van der Waals surface area (Å²) >= 11 is 0. The third kappa shape index (κ3) is 8.35. The maximum Gasteiger partial charge on any atom is 0.191 e. The molecule has 1 aliphatic heterocycles. The highest BCUT2D eigenvalue weighted by molar-refractivity contribution is 14.0. The van der Waals surface area contributed by atoms with Gasteiger partial charge in [0, 0.05) is 33.2 Å². The van der Waals surface area contributed by atoms with E-state index in [-0.39, 0.29) is 29.8 Å². The Morgan fingerprint density at radius 2 is 2.00 bits per heavy atom. The Labute approximate surface area is 168 Å². The van der Waals surface area contributed by atoms with E-state index in [1.807, 2.05) is 0 Å². The zero-order chi connectivity index (χ0) is 17.4. The summed E-state index contributed by atoms with van der Waals surface area (Å²) in [6.45, 7) is 9.73. The van der Waals surface area contributed by atoms with Gasteiger partial charge in [-0.2, -0.15) is 0 Å². The van der Waals surface area contributed by atoms with Crippen LogP contribution in [0.3, 0.4) is 0 Å². The van der Waals surface area contributed by atoms with Crippen LogP contribution in [0.15, 0.2) is 29.3 Å². The van der Waals surface area contributed by atoms with Crippen LogP contribution in [0.1, 0.15) is 32.3 Å². The number of piperidine rings is 1. The van der Waals surface area contributed by atoms with Crippen LogP contribution in [0.25, 0.3) is 0 Å². The Bertz CT molecular complexity index is 519. The number of benzene rings is 1. The SMILES string of the molecule is CN=C(NCc1ccc(F)cc1)NCC1CCCN(CC(C)C)C1.I. The molecule has 142 valence electrons. The number of guanidine groups is 1. The predicted molar refractivity (Wildman–Crippen MR) is 114 cm³/mol. The molecule has 1 fully saturated rings. The van der Waals surface area contributed by atoms with E-state index in [9.17, 15) is 4.39 Å². The van der Waals surface area contributed by atoms with Crippen LogP contribution >= 0.6 is 24.0 Å². The van der Waals surface area contributed by atoms with Crippen molar-refractivity contribution >= 4 is 29.9 Å². The highest BCUT2D eigenvalue weighted by atomic mass is 127. The van der Waals surface area contributed by atoms with Crippen LogP contribution in [-0.2, 0) is 6.54 Å². The van der Waals surface area contributed by atoms with Crippen molar-refractivity contribution < 1.29 is 4.39 Å². The number of halogens is 2. The van der Waals surface area contributed by atoms with Gasteiger partial charge in [-0.3, -0.25) is 4.99 Å². The Hall–Kier alpha value is -0.890. The number of nitrogens with one attached hydrogen (secondary N) is 2. The van der Waals surface area contributed by atoms with Crippen LogP contribution in [-0.4, -0.2) is 44.1 Å². The van der Waals surface area contributed by atoms with Gasteiger partial charge in [0.05, 0.1) is 0 Å². The fourth-order valence-electron chi connectivity index (χ4n) is 3.25. The molecule has 1 aliphatic rings. The first-order chi connectivity index (χ1) is 11.6. The van der Waals surface area contributed by atoms with Gasteiger partial charge in [-0.1, -0.05) is 26.0 Å². The summed E-state index contributed by atoms with van der Waals surface area (Å²) in [6.07, 6.45) is 2.55. The zero-order valence-corrected chi connectivity index (χ0v) is 17.9. The van der Waals surface area contributed by atoms with Gasteiger partial charge < -0.3 is 15.5 Å². The van der Waals surface area contributed by atoms with Gasteiger partial charge >= 0.3 is 0 Å². The summed E-state index contributed by atoms with van der Waals surface area (Å²) in [5.41, 5.74) is 1.04. The predicted octanol–water partition coefficient (Wildman–Crippen LogP) is 3.48. The molecule has 0 amide bonds. The van der Waals surface area contributed by atoms with Gasteiger partial charge in [0.15, 0.2) is 5.96 Å². The lowest BCUT2D eigenvalue weighted by Gasteiger charge is -2.34. The molecule has 1 unspecified atom stereocenters. The molecule has 1 aromatic carbocycles. The van der Waals surface area contributed by atoms with Crippen LogP contribution in [0.5, 0.6) is 0 Å². The molecule has 1 aromatic rings. The molecule has 1 heterocycles. The fraction of sp³-hybridized carbons (Fsp3) is 0.632. The second-order valence-corrected chi connectivity index (χ2v) is 7.09. The molecule has 0 aromatic heterocycles. The Balaban J connectivity index is 0.00000312. The molecule has 0 aliphatic carbocycles. The molecule has 2 N–H and O–H groups in total. The van der Waals surface area contributed by atoms with E-state index in [1.165, 1.54) is 44.6 Å². The van der Waals surface area contributed by atoms with E-state index < -0.39 is 0 Å². The molecule has 0 saturated carbocycles. The average Bonchev–Trinajstić information content (AvgIpc) is 2.56. The van der Waals surface area contributed by atoms with Gasteiger partial charge in [-0.15, -0.1) is 24.0 Å². The number of hydrogen-bond donors (Lipinski definition) is 2. The first kappa shape index (κ1) is 22.2. The van der Waals surface area contributed by atoms with Crippen LogP contribution in [0.4, 0.5) is 4.39 Å². The molecule has 1 atom stereocenters.